The van der Waals surface area contributed by atoms with Crippen LogP contribution in [0.5, 0.6) is 5.75 Å². The lowest BCUT2D eigenvalue weighted by Crippen LogP contribution is -2.37. The van der Waals surface area contributed by atoms with Gasteiger partial charge >= 0.3 is 0 Å². The highest BCUT2D eigenvalue weighted by Gasteiger charge is 2.13. The van der Waals surface area contributed by atoms with Crippen LogP contribution < -0.4 is 9.64 Å². The van der Waals surface area contributed by atoms with Crippen molar-refractivity contribution in [2.24, 2.45) is 0 Å². The molecule has 25 heavy (non-hydrogen) atoms. The molecule has 6 heteroatoms. The van der Waals surface area contributed by atoms with Gasteiger partial charge in [0.2, 0.25) is 5.95 Å². The zero-order chi connectivity index (χ0) is 17.5. The highest BCUT2D eigenvalue weighted by Crippen LogP contribution is 2.15. The minimum atomic E-state index is -0.0844. The Morgan fingerprint density at radius 3 is 2.76 bits per heavy atom. The molecule has 1 saturated heterocycles. The number of rotatable bonds is 6. The maximum Gasteiger partial charge on any atom is 0.225 e. The van der Waals surface area contributed by atoms with Crippen molar-refractivity contribution in [1.29, 1.82) is 0 Å². The van der Waals surface area contributed by atoms with Crippen LogP contribution in [0, 0.1) is 0 Å². The summed E-state index contributed by atoms with van der Waals surface area (Å²) in [5.74, 6) is 1.30. The van der Waals surface area contributed by atoms with Crippen molar-refractivity contribution < 1.29 is 14.3 Å². The number of hydrogen-bond donors (Lipinski definition) is 0. The summed E-state index contributed by atoms with van der Waals surface area (Å²) in [7, 11) is 0. The van der Waals surface area contributed by atoms with Crippen molar-refractivity contribution in [3.63, 3.8) is 0 Å². The topological polar surface area (TPSA) is 64.5 Å². The number of carbonyl (C=O) groups excluding carboxylic acids is 1. The summed E-state index contributed by atoms with van der Waals surface area (Å²) in [6.07, 6.45) is 6.69. The van der Waals surface area contributed by atoms with Gasteiger partial charge < -0.3 is 14.4 Å². The van der Waals surface area contributed by atoms with Crippen LogP contribution >= 0.6 is 0 Å². The van der Waals surface area contributed by atoms with Gasteiger partial charge in [0, 0.05) is 36.6 Å². The van der Waals surface area contributed by atoms with Crippen LogP contribution in [0.15, 0.2) is 42.7 Å². The van der Waals surface area contributed by atoms with Gasteiger partial charge in [-0.3, -0.25) is 4.79 Å². The number of morpholine rings is 1. The van der Waals surface area contributed by atoms with E-state index in [1.807, 2.05) is 19.1 Å². The number of benzene rings is 1. The number of anilines is 1. The standard InChI is InChI=1S/C19H21N3O3/c1-2-25-17-5-3-4-16(12-17)18(23)7-6-15-13-20-19(21-14-15)22-8-10-24-11-9-22/h3-7,12-14H,2,8-11H2,1H3/b7-6-. The highest BCUT2D eigenvalue weighted by atomic mass is 16.5. The monoisotopic (exact) mass is 339 g/mol. The lowest BCUT2D eigenvalue weighted by Gasteiger charge is -2.26. The number of nitrogens with zero attached hydrogens (tertiary/aromatic N) is 3. The number of ketones is 1. The fourth-order valence-electron chi connectivity index (χ4n) is 2.52. The Labute approximate surface area is 147 Å². The summed E-state index contributed by atoms with van der Waals surface area (Å²) >= 11 is 0. The molecular weight excluding hydrogens is 318 g/mol. The van der Waals surface area contributed by atoms with Crippen LogP contribution in [-0.2, 0) is 4.74 Å². The molecule has 0 N–H and O–H groups in total. The van der Waals surface area contributed by atoms with Crippen molar-refractivity contribution >= 4 is 17.8 Å². The van der Waals surface area contributed by atoms with E-state index in [1.165, 1.54) is 6.08 Å². The Bertz CT molecular complexity index is 738. The summed E-state index contributed by atoms with van der Waals surface area (Å²) in [6, 6.07) is 7.16. The van der Waals surface area contributed by atoms with E-state index >= 15 is 0 Å². The third-order valence-corrected chi connectivity index (χ3v) is 3.81. The molecule has 0 radical (unpaired) electrons. The molecule has 2 heterocycles. The fourth-order valence-corrected chi connectivity index (χ4v) is 2.52. The second-order valence-electron chi connectivity index (χ2n) is 5.57. The molecule has 1 aromatic heterocycles. The van der Waals surface area contributed by atoms with Gasteiger partial charge in [-0.1, -0.05) is 12.1 Å². The molecule has 0 unspecified atom stereocenters. The molecule has 0 saturated carbocycles. The van der Waals surface area contributed by atoms with E-state index in [0.29, 0.717) is 37.1 Å². The molecule has 0 bridgehead atoms. The van der Waals surface area contributed by atoms with Crippen LogP contribution in [0.3, 0.4) is 0 Å². The highest BCUT2D eigenvalue weighted by molar-refractivity contribution is 6.07. The zero-order valence-electron chi connectivity index (χ0n) is 14.2. The Morgan fingerprint density at radius 2 is 2.04 bits per heavy atom. The average Bonchev–Trinajstić information content (AvgIpc) is 2.68. The summed E-state index contributed by atoms with van der Waals surface area (Å²) in [5, 5.41) is 0. The first-order chi connectivity index (χ1) is 12.3. The number of hydrogen-bond acceptors (Lipinski definition) is 6. The lowest BCUT2D eigenvalue weighted by atomic mass is 10.1. The van der Waals surface area contributed by atoms with E-state index in [9.17, 15) is 4.79 Å². The maximum absolute atomic E-state index is 12.3. The van der Waals surface area contributed by atoms with E-state index in [2.05, 4.69) is 14.9 Å². The van der Waals surface area contributed by atoms with Crippen LogP contribution in [0.25, 0.3) is 6.08 Å². The molecule has 0 amide bonds. The first kappa shape index (κ1) is 17.1. The molecule has 3 rings (SSSR count). The van der Waals surface area contributed by atoms with Crippen molar-refractivity contribution in [3.05, 3.63) is 53.9 Å². The second kappa shape index (κ2) is 8.39. The minimum Gasteiger partial charge on any atom is -0.494 e. The molecule has 6 nitrogen and oxygen atoms in total. The minimum absolute atomic E-state index is 0.0844. The number of aromatic nitrogens is 2. The van der Waals surface area contributed by atoms with Crippen molar-refractivity contribution in [1.82, 2.24) is 9.97 Å². The van der Waals surface area contributed by atoms with Crippen molar-refractivity contribution in [2.45, 2.75) is 6.92 Å². The summed E-state index contributed by atoms with van der Waals surface area (Å²) in [5.41, 5.74) is 1.37. The Hall–Kier alpha value is -2.73. The molecule has 1 fully saturated rings. The van der Waals surface area contributed by atoms with Gasteiger partial charge in [0.1, 0.15) is 5.75 Å². The first-order valence-corrected chi connectivity index (χ1v) is 8.36. The Kier molecular flexibility index (Phi) is 5.74. The molecule has 1 aliphatic heterocycles. The van der Waals surface area contributed by atoms with Gasteiger partial charge in [-0.15, -0.1) is 0 Å². The quantitative estimate of drug-likeness (QED) is 0.595. The van der Waals surface area contributed by atoms with Crippen molar-refractivity contribution in [3.8, 4) is 5.75 Å². The number of ether oxygens (including phenoxy) is 2. The van der Waals surface area contributed by atoms with Gasteiger partial charge in [0.15, 0.2) is 5.78 Å². The normalized spacial score (nSPS) is 14.7. The van der Waals surface area contributed by atoms with E-state index in [4.69, 9.17) is 9.47 Å². The van der Waals surface area contributed by atoms with Gasteiger partial charge in [0.25, 0.3) is 0 Å². The summed E-state index contributed by atoms with van der Waals surface area (Å²) in [6.45, 7) is 5.46. The summed E-state index contributed by atoms with van der Waals surface area (Å²) in [4.78, 5) is 23.1. The van der Waals surface area contributed by atoms with E-state index in [0.717, 1.165) is 18.7 Å². The predicted octanol–water partition coefficient (Wildman–Crippen LogP) is 2.61. The number of carbonyl (C=O) groups is 1. The molecule has 0 spiro atoms. The van der Waals surface area contributed by atoms with Crippen molar-refractivity contribution in [2.75, 3.05) is 37.8 Å². The molecule has 1 aromatic carbocycles. The third-order valence-electron chi connectivity index (χ3n) is 3.81. The summed E-state index contributed by atoms with van der Waals surface area (Å²) < 4.78 is 10.7. The van der Waals surface area contributed by atoms with Crippen LogP contribution in [-0.4, -0.2) is 48.7 Å². The van der Waals surface area contributed by atoms with Crippen LogP contribution in [0.2, 0.25) is 0 Å². The largest absolute Gasteiger partial charge is 0.494 e. The lowest BCUT2D eigenvalue weighted by molar-refractivity contribution is 0.104. The predicted molar refractivity (Wildman–Crippen MR) is 96.0 cm³/mol. The van der Waals surface area contributed by atoms with Crippen LogP contribution in [0.4, 0.5) is 5.95 Å². The number of allylic oxidation sites excluding steroid dienone is 1. The third kappa shape index (κ3) is 4.64. The zero-order valence-corrected chi connectivity index (χ0v) is 14.2. The smallest absolute Gasteiger partial charge is 0.225 e. The second-order valence-corrected chi connectivity index (χ2v) is 5.57. The average molecular weight is 339 g/mol. The van der Waals surface area contributed by atoms with Crippen LogP contribution in [0.1, 0.15) is 22.8 Å². The van der Waals surface area contributed by atoms with E-state index in [1.54, 1.807) is 30.6 Å². The Balaban J connectivity index is 1.64. The molecular formula is C19H21N3O3. The first-order valence-electron chi connectivity index (χ1n) is 8.36. The fraction of sp³-hybridized carbons (Fsp3) is 0.316. The van der Waals surface area contributed by atoms with E-state index < -0.39 is 0 Å². The Morgan fingerprint density at radius 1 is 1.28 bits per heavy atom. The van der Waals surface area contributed by atoms with Gasteiger partial charge in [0.05, 0.1) is 19.8 Å². The van der Waals surface area contributed by atoms with E-state index in [-0.39, 0.29) is 5.78 Å². The maximum atomic E-state index is 12.3. The molecule has 0 atom stereocenters. The molecule has 130 valence electrons. The molecule has 0 aliphatic carbocycles. The SMILES string of the molecule is CCOc1cccc(C(=O)/C=C\c2cnc(N3CCOCC3)nc2)c1. The van der Waals surface area contributed by atoms with Gasteiger partial charge in [-0.25, -0.2) is 9.97 Å². The molecule has 1 aliphatic rings. The van der Waals surface area contributed by atoms with Gasteiger partial charge in [-0.05, 0) is 31.2 Å². The molecule has 2 aromatic rings. The van der Waals surface area contributed by atoms with Gasteiger partial charge in [-0.2, -0.15) is 0 Å².